The van der Waals surface area contributed by atoms with E-state index in [0.717, 1.165) is 5.69 Å². The standard InChI is InChI=1S/C10H15N3O2/c1-4-15-10(14)8(3)13-9-5-7(2)11-6-12-9/h5-6,8H,4H2,1-3H3,(H,11,12,13). The summed E-state index contributed by atoms with van der Waals surface area (Å²) in [6.07, 6.45) is 1.45. The van der Waals surface area contributed by atoms with Gasteiger partial charge in [0.05, 0.1) is 6.61 Å². The van der Waals surface area contributed by atoms with Crippen LogP contribution < -0.4 is 5.32 Å². The molecule has 0 aromatic carbocycles. The normalized spacial score (nSPS) is 11.9. The lowest BCUT2D eigenvalue weighted by Gasteiger charge is -2.12. The van der Waals surface area contributed by atoms with Crippen molar-refractivity contribution in [2.45, 2.75) is 26.8 Å². The Balaban J connectivity index is 2.58. The molecule has 0 amide bonds. The quantitative estimate of drug-likeness (QED) is 0.753. The Kier molecular flexibility index (Phi) is 4.03. The molecule has 0 saturated carbocycles. The van der Waals surface area contributed by atoms with Gasteiger partial charge in [0.1, 0.15) is 18.2 Å². The molecule has 0 aliphatic heterocycles. The number of rotatable bonds is 4. The van der Waals surface area contributed by atoms with E-state index in [1.54, 1.807) is 19.9 Å². The molecule has 0 spiro atoms. The van der Waals surface area contributed by atoms with Crippen LogP contribution in [0, 0.1) is 6.92 Å². The molecular formula is C10H15N3O2. The molecule has 0 bridgehead atoms. The Morgan fingerprint density at radius 3 is 2.93 bits per heavy atom. The van der Waals surface area contributed by atoms with Crippen molar-refractivity contribution in [2.24, 2.45) is 0 Å². The van der Waals surface area contributed by atoms with E-state index in [1.165, 1.54) is 6.33 Å². The fraction of sp³-hybridized carbons (Fsp3) is 0.500. The molecule has 0 saturated heterocycles. The summed E-state index contributed by atoms with van der Waals surface area (Å²) in [5.74, 6) is 0.344. The highest BCUT2D eigenvalue weighted by atomic mass is 16.5. The van der Waals surface area contributed by atoms with Gasteiger partial charge in [-0.05, 0) is 20.8 Å². The fourth-order valence-corrected chi connectivity index (χ4v) is 1.08. The molecule has 5 nitrogen and oxygen atoms in total. The molecule has 1 aromatic rings. The number of hydrogen-bond acceptors (Lipinski definition) is 5. The zero-order valence-electron chi connectivity index (χ0n) is 9.15. The van der Waals surface area contributed by atoms with Crippen LogP contribution in [0.3, 0.4) is 0 Å². The minimum atomic E-state index is -0.403. The first kappa shape index (κ1) is 11.4. The number of carbonyl (C=O) groups excluding carboxylic acids is 1. The van der Waals surface area contributed by atoms with E-state index < -0.39 is 6.04 Å². The summed E-state index contributed by atoms with van der Waals surface area (Å²) in [6.45, 7) is 5.75. The van der Waals surface area contributed by atoms with Gasteiger partial charge in [0.25, 0.3) is 0 Å². The molecule has 1 unspecified atom stereocenters. The van der Waals surface area contributed by atoms with Gasteiger partial charge in [-0.2, -0.15) is 0 Å². The van der Waals surface area contributed by atoms with Crippen LogP contribution in [0.5, 0.6) is 0 Å². The summed E-state index contributed by atoms with van der Waals surface area (Å²) in [4.78, 5) is 19.3. The van der Waals surface area contributed by atoms with Gasteiger partial charge in [-0.1, -0.05) is 0 Å². The molecule has 15 heavy (non-hydrogen) atoms. The molecular weight excluding hydrogens is 194 g/mol. The number of anilines is 1. The van der Waals surface area contributed by atoms with Crippen LogP contribution in [0.2, 0.25) is 0 Å². The van der Waals surface area contributed by atoms with Gasteiger partial charge in [0.15, 0.2) is 0 Å². The van der Waals surface area contributed by atoms with E-state index >= 15 is 0 Å². The van der Waals surface area contributed by atoms with E-state index in [-0.39, 0.29) is 5.97 Å². The Labute approximate surface area is 88.9 Å². The van der Waals surface area contributed by atoms with Crippen LogP contribution in [0.15, 0.2) is 12.4 Å². The van der Waals surface area contributed by atoms with Gasteiger partial charge in [0.2, 0.25) is 0 Å². The summed E-state index contributed by atoms with van der Waals surface area (Å²) in [5.41, 5.74) is 0.851. The summed E-state index contributed by atoms with van der Waals surface area (Å²) >= 11 is 0. The second kappa shape index (κ2) is 5.29. The van der Waals surface area contributed by atoms with Crippen molar-refractivity contribution in [3.8, 4) is 0 Å². The van der Waals surface area contributed by atoms with Crippen molar-refractivity contribution in [1.82, 2.24) is 9.97 Å². The molecule has 1 N–H and O–H groups in total. The van der Waals surface area contributed by atoms with Crippen molar-refractivity contribution in [3.05, 3.63) is 18.1 Å². The average molecular weight is 209 g/mol. The van der Waals surface area contributed by atoms with Crippen LogP contribution in [-0.4, -0.2) is 28.6 Å². The Bertz CT molecular complexity index is 341. The molecule has 0 aliphatic carbocycles. The van der Waals surface area contributed by atoms with E-state index in [9.17, 15) is 4.79 Å². The first-order chi connectivity index (χ1) is 7.13. The number of nitrogens with zero attached hydrogens (tertiary/aromatic N) is 2. The number of ether oxygens (including phenoxy) is 1. The first-order valence-corrected chi connectivity index (χ1v) is 4.85. The summed E-state index contributed by atoms with van der Waals surface area (Å²) in [6, 6.07) is 1.37. The van der Waals surface area contributed by atoms with Gasteiger partial charge in [-0.15, -0.1) is 0 Å². The smallest absolute Gasteiger partial charge is 0.328 e. The van der Waals surface area contributed by atoms with Gasteiger partial charge in [0, 0.05) is 11.8 Å². The van der Waals surface area contributed by atoms with Gasteiger partial charge >= 0.3 is 5.97 Å². The van der Waals surface area contributed by atoms with Crippen molar-refractivity contribution in [3.63, 3.8) is 0 Å². The topological polar surface area (TPSA) is 64.1 Å². The Morgan fingerprint density at radius 2 is 2.33 bits per heavy atom. The van der Waals surface area contributed by atoms with E-state index in [2.05, 4.69) is 15.3 Å². The van der Waals surface area contributed by atoms with Crippen LogP contribution in [0.25, 0.3) is 0 Å². The second-order valence-corrected chi connectivity index (χ2v) is 3.16. The van der Waals surface area contributed by atoms with Crippen molar-refractivity contribution in [1.29, 1.82) is 0 Å². The zero-order chi connectivity index (χ0) is 11.3. The second-order valence-electron chi connectivity index (χ2n) is 3.16. The van der Waals surface area contributed by atoms with E-state index in [0.29, 0.717) is 12.4 Å². The maximum absolute atomic E-state index is 11.3. The van der Waals surface area contributed by atoms with Crippen LogP contribution in [0.4, 0.5) is 5.82 Å². The van der Waals surface area contributed by atoms with Crippen LogP contribution in [-0.2, 0) is 9.53 Å². The van der Waals surface area contributed by atoms with Crippen LogP contribution in [0.1, 0.15) is 19.5 Å². The van der Waals surface area contributed by atoms with Gasteiger partial charge in [-0.25, -0.2) is 14.8 Å². The minimum Gasteiger partial charge on any atom is -0.464 e. The van der Waals surface area contributed by atoms with E-state index in [4.69, 9.17) is 4.74 Å². The third-order valence-corrected chi connectivity index (χ3v) is 1.81. The van der Waals surface area contributed by atoms with Crippen molar-refractivity contribution >= 4 is 11.8 Å². The molecule has 1 aromatic heterocycles. The Hall–Kier alpha value is -1.65. The molecule has 0 fully saturated rings. The van der Waals surface area contributed by atoms with Gasteiger partial charge < -0.3 is 10.1 Å². The third-order valence-electron chi connectivity index (χ3n) is 1.81. The number of esters is 1. The number of aromatic nitrogens is 2. The van der Waals surface area contributed by atoms with Crippen molar-refractivity contribution in [2.75, 3.05) is 11.9 Å². The number of nitrogens with one attached hydrogen (secondary N) is 1. The largest absolute Gasteiger partial charge is 0.464 e. The SMILES string of the molecule is CCOC(=O)C(C)Nc1cc(C)ncn1. The lowest BCUT2D eigenvalue weighted by molar-refractivity contribution is -0.143. The minimum absolute atomic E-state index is 0.284. The Morgan fingerprint density at radius 1 is 1.60 bits per heavy atom. The van der Waals surface area contributed by atoms with E-state index in [1.807, 2.05) is 6.92 Å². The molecule has 82 valence electrons. The monoisotopic (exact) mass is 209 g/mol. The summed E-state index contributed by atoms with van der Waals surface area (Å²) in [7, 11) is 0. The predicted octanol–water partition coefficient (Wildman–Crippen LogP) is 1.15. The average Bonchev–Trinajstić information content (AvgIpc) is 2.18. The molecule has 1 rings (SSSR count). The third kappa shape index (κ3) is 3.53. The maximum atomic E-state index is 11.3. The summed E-state index contributed by atoms with van der Waals surface area (Å²) < 4.78 is 4.86. The van der Waals surface area contributed by atoms with Crippen LogP contribution >= 0.6 is 0 Å². The molecule has 1 atom stereocenters. The molecule has 5 heteroatoms. The number of carbonyl (C=O) groups is 1. The molecule has 0 radical (unpaired) electrons. The van der Waals surface area contributed by atoms with Crippen molar-refractivity contribution < 1.29 is 9.53 Å². The number of aryl methyl sites for hydroxylation is 1. The highest BCUT2D eigenvalue weighted by molar-refractivity contribution is 5.78. The first-order valence-electron chi connectivity index (χ1n) is 4.85. The predicted molar refractivity (Wildman–Crippen MR) is 56.5 cm³/mol. The lowest BCUT2D eigenvalue weighted by atomic mass is 10.3. The molecule has 0 aliphatic rings. The maximum Gasteiger partial charge on any atom is 0.328 e. The number of hydrogen-bond donors (Lipinski definition) is 1. The zero-order valence-corrected chi connectivity index (χ0v) is 9.15. The fourth-order valence-electron chi connectivity index (χ4n) is 1.08. The highest BCUT2D eigenvalue weighted by Gasteiger charge is 2.13. The molecule has 1 heterocycles. The lowest BCUT2D eigenvalue weighted by Crippen LogP contribution is -2.28. The highest BCUT2D eigenvalue weighted by Crippen LogP contribution is 2.05. The van der Waals surface area contributed by atoms with Gasteiger partial charge in [-0.3, -0.25) is 0 Å². The summed E-state index contributed by atoms with van der Waals surface area (Å²) in [5, 5.41) is 2.94.